The number of hydrogen-bond donors (Lipinski definition) is 2. The standard InChI is InChI=1S/C22H24N4O3/c1-3-10-16(15-11-6-5-7-12-15)20(27)23-24-21(28)19-17-13-8-9-14-18(17)22(29)26(4-2)25-19/h5-9,11-14,16H,3-4,10H2,1-2H3,(H,23,27)(H,24,28). The molecule has 0 saturated heterocycles. The molecule has 3 rings (SSSR count). The fraction of sp³-hybridized carbons (Fsp3) is 0.273. The number of amides is 2. The van der Waals surface area contributed by atoms with E-state index in [1.165, 1.54) is 4.68 Å². The maximum atomic E-state index is 12.8. The van der Waals surface area contributed by atoms with E-state index < -0.39 is 5.91 Å². The third-order valence-electron chi connectivity index (χ3n) is 4.78. The molecule has 1 unspecified atom stereocenters. The van der Waals surface area contributed by atoms with Crippen molar-refractivity contribution in [2.45, 2.75) is 39.2 Å². The van der Waals surface area contributed by atoms with Crippen LogP contribution >= 0.6 is 0 Å². The van der Waals surface area contributed by atoms with Crippen molar-refractivity contribution >= 4 is 22.6 Å². The molecule has 0 bridgehead atoms. The summed E-state index contributed by atoms with van der Waals surface area (Å²) in [5.74, 6) is -1.23. The molecule has 1 atom stereocenters. The number of aromatic nitrogens is 2. The quantitative estimate of drug-likeness (QED) is 0.631. The Morgan fingerprint density at radius 3 is 2.28 bits per heavy atom. The van der Waals surface area contributed by atoms with Crippen LogP contribution in [0.5, 0.6) is 0 Å². The van der Waals surface area contributed by atoms with Gasteiger partial charge >= 0.3 is 0 Å². The minimum absolute atomic E-state index is 0.0918. The average Bonchev–Trinajstić information content (AvgIpc) is 2.76. The first-order chi connectivity index (χ1) is 14.1. The van der Waals surface area contributed by atoms with Crippen molar-refractivity contribution in [1.82, 2.24) is 20.6 Å². The summed E-state index contributed by atoms with van der Waals surface area (Å²) in [5, 5.41) is 5.03. The van der Waals surface area contributed by atoms with Crippen LogP contribution in [0.25, 0.3) is 10.8 Å². The lowest BCUT2D eigenvalue weighted by atomic mass is 9.94. The van der Waals surface area contributed by atoms with Gasteiger partial charge in [-0.2, -0.15) is 5.10 Å². The molecular formula is C22H24N4O3. The highest BCUT2D eigenvalue weighted by molar-refractivity contribution is 6.05. The van der Waals surface area contributed by atoms with Gasteiger partial charge in [0.05, 0.1) is 11.3 Å². The van der Waals surface area contributed by atoms with E-state index in [1.54, 1.807) is 31.2 Å². The lowest BCUT2D eigenvalue weighted by Gasteiger charge is -2.17. The Balaban J connectivity index is 1.83. The van der Waals surface area contributed by atoms with Gasteiger partial charge in [0.15, 0.2) is 5.69 Å². The van der Waals surface area contributed by atoms with Gasteiger partial charge in [0, 0.05) is 11.9 Å². The minimum Gasteiger partial charge on any atom is -0.273 e. The van der Waals surface area contributed by atoms with E-state index in [-0.39, 0.29) is 23.1 Å². The van der Waals surface area contributed by atoms with Gasteiger partial charge in [-0.3, -0.25) is 25.2 Å². The molecule has 7 nitrogen and oxygen atoms in total. The van der Waals surface area contributed by atoms with Crippen LogP contribution in [-0.4, -0.2) is 21.6 Å². The maximum absolute atomic E-state index is 12.8. The molecule has 0 aliphatic carbocycles. The van der Waals surface area contributed by atoms with Crippen LogP contribution in [0.15, 0.2) is 59.4 Å². The topological polar surface area (TPSA) is 93.1 Å². The summed E-state index contributed by atoms with van der Waals surface area (Å²) >= 11 is 0. The van der Waals surface area contributed by atoms with Crippen LogP contribution in [0.1, 0.15) is 48.7 Å². The number of fused-ring (bicyclic) bond motifs is 1. The molecule has 0 aliphatic heterocycles. The molecule has 1 aromatic heterocycles. The van der Waals surface area contributed by atoms with Crippen LogP contribution in [0.4, 0.5) is 0 Å². The van der Waals surface area contributed by atoms with Crippen LogP contribution in [0, 0.1) is 0 Å². The number of aryl methyl sites for hydroxylation is 1. The summed E-state index contributed by atoms with van der Waals surface area (Å²) in [5.41, 5.74) is 5.70. The van der Waals surface area contributed by atoms with E-state index in [9.17, 15) is 14.4 Å². The molecule has 2 N–H and O–H groups in total. The number of carbonyl (C=O) groups is 2. The largest absolute Gasteiger partial charge is 0.290 e. The predicted molar refractivity (Wildman–Crippen MR) is 111 cm³/mol. The molecule has 7 heteroatoms. The van der Waals surface area contributed by atoms with Crippen LogP contribution in [0.3, 0.4) is 0 Å². The zero-order chi connectivity index (χ0) is 20.8. The fourth-order valence-corrected chi connectivity index (χ4v) is 3.31. The van der Waals surface area contributed by atoms with Crippen LogP contribution in [-0.2, 0) is 11.3 Å². The molecule has 0 radical (unpaired) electrons. The number of carbonyl (C=O) groups excluding carboxylic acids is 2. The number of hydrazine groups is 1. The summed E-state index contributed by atoms with van der Waals surface area (Å²) in [4.78, 5) is 37.9. The SMILES string of the molecule is CCCC(C(=O)NNC(=O)c1nn(CC)c(=O)c2ccccc12)c1ccccc1. The van der Waals surface area contributed by atoms with Gasteiger partial charge in [-0.05, 0) is 25.0 Å². The van der Waals surface area contributed by atoms with Crippen LogP contribution in [0.2, 0.25) is 0 Å². The van der Waals surface area contributed by atoms with Crippen molar-refractivity contribution in [3.8, 4) is 0 Å². The maximum Gasteiger partial charge on any atom is 0.290 e. The Bertz CT molecular complexity index is 1080. The fourth-order valence-electron chi connectivity index (χ4n) is 3.31. The highest BCUT2D eigenvalue weighted by Crippen LogP contribution is 2.21. The summed E-state index contributed by atoms with van der Waals surface area (Å²) in [7, 11) is 0. The molecule has 29 heavy (non-hydrogen) atoms. The second-order valence-electron chi connectivity index (χ2n) is 6.71. The molecule has 0 fully saturated rings. The minimum atomic E-state index is -0.569. The average molecular weight is 392 g/mol. The van der Waals surface area contributed by atoms with Crippen molar-refractivity contribution < 1.29 is 9.59 Å². The van der Waals surface area contributed by atoms with Gasteiger partial charge in [0.25, 0.3) is 11.5 Å². The molecule has 0 spiro atoms. The molecule has 150 valence electrons. The molecular weight excluding hydrogens is 368 g/mol. The first kappa shape index (κ1) is 20.3. The molecule has 3 aromatic rings. The Hall–Kier alpha value is -3.48. The molecule has 1 heterocycles. The zero-order valence-corrected chi connectivity index (χ0v) is 16.5. The summed E-state index contributed by atoms with van der Waals surface area (Å²) in [6.07, 6.45) is 1.49. The molecule has 0 saturated carbocycles. The Labute approximate surface area is 168 Å². The van der Waals surface area contributed by atoms with Crippen LogP contribution < -0.4 is 16.4 Å². The molecule has 0 aliphatic rings. The second kappa shape index (κ2) is 9.14. The number of hydrogen-bond acceptors (Lipinski definition) is 4. The number of rotatable bonds is 6. The highest BCUT2D eigenvalue weighted by Gasteiger charge is 2.21. The Kier molecular flexibility index (Phi) is 6.39. The summed E-state index contributed by atoms with van der Waals surface area (Å²) in [6.45, 7) is 4.12. The van der Waals surface area contributed by atoms with Crippen molar-refractivity contribution in [3.63, 3.8) is 0 Å². The zero-order valence-electron chi connectivity index (χ0n) is 16.5. The third-order valence-corrected chi connectivity index (χ3v) is 4.78. The van der Waals surface area contributed by atoms with Gasteiger partial charge in [-0.25, -0.2) is 4.68 Å². The Morgan fingerprint density at radius 1 is 0.966 bits per heavy atom. The van der Waals surface area contributed by atoms with E-state index in [1.807, 2.05) is 37.3 Å². The van der Waals surface area contributed by atoms with Crippen molar-refractivity contribution in [2.24, 2.45) is 0 Å². The number of benzene rings is 2. The van der Waals surface area contributed by atoms with E-state index in [2.05, 4.69) is 16.0 Å². The van der Waals surface area contributed by atoms with E-state index in [4.69, 9.17) is 0 Å². The van der Waals surface area contributed by atoms with E-state index >= 15 is 0 Å². The lowest BCUT2D eigenvalue weighted by Crippen LogP contribution is -2.44. The lowest BCUT2D eigenvalue weighted by molar-refractivity contribution is -0.123. The van der Waals surface area contributed by atoms with E-state index in [0.717, 1.165) is 12.0 Å². The molecule has 2 amide bonds. The van der Waals surface area contributed by atoms with E-state index in [0.29, 0.717) is 23.7 Å². The smallest absolute Gasteiger partial charge is 0.273 e. The van der Waals surface area contributed by atoms with Gasteiger partial charge in [-0.1, -0.05) is 61.9 Å². The highest BCUT2D eigenvalue weighted by atomic mass is 16.2. The third kappa shape index (κ3) is 4.34. The van der Waals surface area contributed by atoms with Gasteiger partial charge in [0.2, 0.25) is 5.91 Å². The van der Waals surface area contributed by atoms with Gasteiger partial charge < -0.3 is 0 Å². The van der Waals surface area contributed by atoms with Crippen molar-refractivity contribution in [2.75, 3.05) is 0 Å². The van der Waals surface area contributed by atoms with Gasteiger partial charge in [-0.15, -0.1) is 0 Å². The van der Waals surface area contributed by atoms with Crippen molar-refractivity contribution in [3.05, 3.63) is 76.2 Å². The second-order valence-corrected chi connectivity index (χ2v) is 6.71. The number of nitrogens with one attached hydrogen (secondary N) is 2. The van der Waals surface area contributed by atoms with Gasteiger partial charge in [0.1, 0.15) is 0 Å². The Morgan fingerprint density at radius 2 is 1.62 bits per heavy atom. The first-order valence-electron chi connectivity index (χ1n) is 9.71. The predicted octanol–water partition coefficient (Wildman–Crippen LogP) is 2.76. The molecule has 2 aromatic carbocycles. The summed E-state index contributed by atoms with van der Waals surface area (Å²) in [6, 6.07) is 16.3. The first-order valence-corrected chi connectivity index (χ1v) is 9.71. The number of nitrogens with zero attached hydrogens (tertiary/aromatic N) is 2. The normalized spacial score (nSPS) is 11.8. The van der Waals surface area contributed by atoms with Crippen molar-refractivity contribution in [1.29, 1.82) is 0 Å². The summed E-state index contributed by atoms with van der Waals surface area (Å²) < 4.78 is 1.24. The monoisotopic (exact) mass is 392 g/mol.